The lowest BCUT2D eigenvalue weighted by molar-refractivity contribution is 0.465. The Morgan fingerprint density at radius 2 is 2.12 bits per heavy atom. The van der Waals surface area contributed by atoms with Gasteiger partial charge in [-0.05, 0) is 51.8 Å². The first-order chi connectivity index (χ1) is 12.1. The number of hydrogen-bond donors (Lipinski definition) is 2. The van der Waals surface area contributed by atoms with E-state index in [1.165, 1.54) is 4.88 Å². The largest absolute Gasteiger partial charge is 0.390 e. The Morgan fingerprint density at radius 3 is 2.92 bits per heavy atom. The number of piperidine rings is 1. The molecule has 0 aromatic carbocycles. The smallest absolute Gasteiger partial charge is 0.269 e. The summed E-state index contributed by atoms with van der Waals surface area (Å²) in [5.41, 5.74) is 9.61. The van der Waals surface area contributed by atoms with Crippen molar-refractivity contribution in [2.45, 2.75) is 32.6 Å². The lowest BCUT2D eigenvalue weighted by atomic mass is 9.96. The van der Waals surface area contributed by atoms with Crippen molar-refractivity contribution in [3.8, 4) is 0 Å². The van der Waals surface area contributed by atoms with Gasteiger partial charge in [-0.15, -0.1) is 16.4 Å². The Balaban J connectivity index is 1.59. The van der Waals surface area contributed by atoms with Crippen LogP contribution in [0.15, 0.2) is 17.3 Å². The van der Waals surface area contributed by atoms with E-state index in [1.54, 1.807) is 22.1 Å². The number of nitrogens with one attached hydrogen (secondary N) is 1. The van der Waals surface area contributed by atoms with Gasteiger partial charge in [-0.3, -0.25) is 4.98 Å². The molecule has 25 heavy (non-hydrogen) atoms. The molecular formula is C17H21N7S. The molecule has 0 aliphatic carbocycles. The Morgan fingerprint density at radius 1 is 1.32 bits per heavy atom. The number of nitrogens with two attached hydrogens (primary N) is 1. The number of anilines is 1. The van der Waals surface area contributed by atoms with Crippen molar-refractivity contribution in [1.29, 1.82) is 0 Å². The van der Waals surface area contributed by atoms with Crippen LogP contribution >= 0.6 is 11.3 Å². The van der Waals surface area contributed by atoms with Crippen LogP contribution in [0.1, 0.15) is 40.6 Å². The average Bonchev–Trinajstić information content (AvgIpc) is 3.17. The molecule has 0 bridgehead atoms. The number of aromatic nitrogens is 4. The topological polar surface area (TPSA) is 93.5 Å². The van der Waals surface area contributed by atoms with E-state index >= 15 is 0 Å². The predicted molar refractivity (Wildman–Crippen MR) is 101 cm³/mol. The summed E-state index contributed by atoms with van der Waals surface area (Å²) >= 11 is 1.67. The molecule has 0 radical (unpaired) electrons. The van der Waals surface area contributed by atoms with Gasteiger partial charge in [-0.25, -0.2) is 9.51 Å². The lowest BCUT2D eigenvalue weighted by Gasteiger charge is -2.21. The van der Waals surface area contributed by atoms with Crippen LogP contribution in [-0.4, -0.2) is 38.9 Å². The molecule has 0 saturated carbocycles. The highest BCUT2D eigenvalue weighted by Crippen LogP contribution is 2.34. The molecule has 3 aromatic rings. The minimum atomic E-state index is 0.421. The fraction of sp³-hybridized carbons (Fsp3) is 0.412. The monoisotopic (exact) mass is 355 g/mol. The number of hydrogen-bond acceptors (Lipinski definition) is 7. The molecule has 0 atom stereocenters. The summed E-state index contributed by atoms with van der Waals surface area (Å²) in [6.07, 6.45) is 5.94. The molecule has 0 spiro atoms. The Hall–Kier alpha value is -2.32. The molecule has 0 amide bonds. The summed E-state index contributed by atoms with van der Waals surface area (Å²) in [5.74, 6) is 1.02. The average molecular weight is 355 g/mol. The highest BCUT2D eigenvalue weighted by molar-refractivity contribution is 7.16. The fourth-order valence-corrected chi connectivity index (χ4v) is 4.27. The van der Waals surface area contributed by atoms with Gasteiger partial charge in [0.2, 0.25) is 0 Å². The molecule has 1 saturated heterocycles. The van der Waals surface area contributed by atoms with Crippen LogP contribution in [0.4, 0.5) is 10.9 Å². The van der Waals surface area contributed by atoms with E-state index in [4.69, 9.17) is 5.73 Å². The first-order valence-corrected chi connectivity index (χ1v) is 9.26. The molecule has 0 unspecified atom stereocenters. The van der Waals surface area contributed by atoms with Gasteiger partial charge in [-0.1, -0.05) is 0 Å². The van der Waals surface area contributed by atoms with Crippen molar-refractivity contribution >= 4 is 34.1 Å². The van der Waals surface area contributed by atoms with Gasteiger partial charge < -0.3 is 11.1 Å². The van der Waals surface area contributed by atoms with E-state index < -0.39 is 0 Å². The van der Waals surface area contributed by atoms with Crippen LogP contribution in [0.2, 0.25) is 0 Å². The normalized spacial score (nSPS) is 16.2. The second-order valence-corrected chi connectivity index (χ2v) is 7.51. The maximum Gasteiger partial charge on any atom is 0.269 e. The second kappa shape index (κ2) is 6.53. The number of rotatable bonds is 3. The Labute approximate surface area is 150 Å². The standard InChI is InChI=1S/C17H21N7S/c1-10-9-24-16(11(2)21-10)22-17(23-24)20-8-13-7-14(25-15(13)18)12-3-5-19-6-4-12/h7-9,12,19H,3-6,18H2,1-2H3/b20-8+. The maximum atomic E-state index is 6.19. The Kier molecular flexibility index (Phi) is 4.22. The van der Waals surface area contributed by atoms with E-state index in [-0.39, 0.29) is 0 Å². The summed E-state index contributed by atoms with van der Waals surface area (Å²) in [5, 5.41) is 8.60. The van der Waals surface area contributed by atoms with Crippen molar-refractivity contribution in [3.05, 3.63) is 34.1 Å². The third kappa shape index (κ3) is 3.27. The zero-order valence-electron chi connectivity index (χ0n) is 14.4. The van der Waals surface area contributed by atoms with Crippen LogP contribution in [0.3, 0.4) is 0 Å². The van der Waals surface area contributed by atoms with Crippen molar-refractivity contribution in [2.24, 2.45) is 4.99 Å². The van der Waals surface area contributed by atoms with Crippen LogP contribution in [0.25, 0.3) is 5.65 Å². The van der Waals surface area contributed by atoms with Gasteiger partial charge in [0.25, 0.3) is 5.95 Å². The minimum Gasteiger partial charge on any atom is -0.390 e. The van der Waals surface area contributed by atoms with Crippen molar-refractivity contribution in [2.75, 3.05) is 18.8 Å². The van der Waals surface area contributed by atoms with Gasteiger partial charge in [0, 0.05) is 16.7 Å². The zero-order valence-corrected chi connectivity index (χ0v) is 15.2. The highest BCUT2D eigenvalue weighted by atomic mass is 32.1. The summed E-state index contributed by atoms with van der Waals surface area (Å²) in [7, 11) is 0. The van der Waals surface area contributed by atoms with Crippen molar-refractivity contribution in [1.82, 2.24) is 24.9 Å². The maximum absolute atomic E-state index is 6.19. The molecule has 1 aliphatic rings. The van der Waals surface area contributed by atoms with Crippen LogP contribution in [-0.2, 0) is 0 Å². The van der Waals surface area contributed by atoms with Crippen molar-refractivity contribution in [3.63, 3.8) is 0 Å². The molecule has 1 fully saturated rings. The van der Waals surface area contributed by atoms with E-state index in [2.05, 4.69) is 31.4 Å². The Bertz CT molecular complexity index is 934. The van der Waals surface area contributed by atoms with Gasteiger partial charge in [0.05, 0.1) is 22.6 Å². The van der Waals surface area contributed by atoms with E-state index in [0.29, 0.717) is 11.9 Å². The minimum absolute atomic E-state index is 0.421. The van der Waals surface area contributed by atoms with Gasteiger partial charge in [0.1, 0.15) is 0 Å². The number of thiophene rings is 1. The summed E-state index contributed by atoms with van der Waals surface area (Å²) in [4.78, 5) is 14.6. The number of aryl methyl sites for hydroxylation is 2. The molecule has 3 aromatic heterocycles. The van der Waals surface area contributed by atoms with Crippen LogP contribution < -0.4 is 11.1 Å². The first-order valence-electron chi connectivity index (χ1n) is 8.45. The molecule has 7 nitrogen and oxygen atoms in total. The second-order valence-electron chi connectivity index (χ2n) is 6.40. The number of nitrogen functional groups attached to an aromatic ring is 1. The number of fused-ring (bicyclic) bond motifs is 1. The molecule has 3 N–H and O–H groups in total. The van der Waals surface area contributed by atoms with Crippen molar-refractivity contribution < 1.29 is 0 Å². The molecular weight excluding hydrogens is 334 g/mol. The van der Waals surface area contributed by atoms with E-state index in [1.807, 2.05) is 20.0 Å². The van der Waals surface area contributed by atoms with Gasteiger partial charge in [0.15, 0.2) is 5.65 Å². The van der Waals surface area contributed by atoms with E-state index in [9.17, 15) is 0 Å². The summed E-state index contributed by atoms with van der Waals surface area (Å²) < 4.78 is 1.72. The zero-order chi connectivity index (χ0) is 17.4. The quantitative estimate of drug-likeness (QED) is 0.704. The fourth-order valence-electron chi connectivity index (χ4n) is 3.20. The molecule has 1 aliphatic heterocycles. The third-order valence-corrected chi connectivity index (χ3v) is 5.61. The predicted octanol–water partition coefficient (Wildman–Crippen LogP) is 2.60. The lowest BCUT2D eigenvalue weighted by Crippen LogP contribution is -2.26. The summed E-state index contributed by atoms with van der Waals surface area (Å²) in [6.45, 7) is 6.01. The SMILES string of the molecule is Cc1cn2nc(/N=C/c3cc(C4CCNCC4)sc3N)nc2c(C)n1. The first kappa shape index (κ1) is 16.2. The molecule has 130 valence electrons. The summed E-state index contributed by atoms with van der Waals surface area (Å²) in [6, 6.07) is 2.16. The molecule has 8 heteroatoms. The van der Waals surface area contributed by atoms with E-state index in [0.717, 1.165) is 53.5 Å². The molecule has 4 heterocycles. The third-order valence-electron chi connectivity index (χ3n) is 4.47. The molecule has 4 rings (SSSR count). The van der Waals surface area contributed by atoms with Crippen LogP contribution in [0, 0.1) is 13.8 Å². The highest BCUT2D eigenvalue weighted by Gasteiger charge is 2.18. The van der Waals surface area contributed by atoms with Gasteiger partial charge in [-0.2, -0.15) is 4.98 Å². The van der Waals surface area contributed by atoms with Gasteiger partial charge >= 0.3 is 0 Å². The van der Waals surface area contributed by atoms with Crippen LogP contribution in [0.5, 0.6) is 0 Å². The number of aliphatic imine (C=N–C) groups is 1. The number of nitrogens with zero attached hydrogens (tertiary/aromatic N) is 5.